The monoisotopic (exact) mass is 416 g/mol. The summed E-state index contributed by atoms with van der Waals surface area (Å²) in [5.41, 5.74) is 5.36. The van der Waals surface area contributed by atoms with Gasteiger partial charge < -0.3 is 15.6 Å². The lowest BCUT2D eigenvalue weighted by Crippen LogP contribution is -2.46. The number of carbonyl (C=O) groups is 1. The number of amides is 1. The number of ether oxygens (including phenoxy) is 1. The van der Waals surface area contributed by atoms with E-state index in [4.69, 9.17) is 10.5 Å². The molecule has 0 aromatic heterocycles. The number of allylic oxidation sites excluding steroid dienone is 1. The largest absolute Gasteiger partial charge is 0.376 e. The van der Waals surface area contributed by atoms with Crippen LogP contribution in [0.25, 0.3) is 0 Å². The van der Waals surface area contributed by atoms with Crippen LogP contribution in [0.4, 0.5) is 0 Å². The zero-order valence-electron chi connectivity index (χ0n) is 18.5. The maximum atomic E-state index is 12.9. The number of aliphatic hydroxyl groups excluding tert-OH is 1. The first-order valence-electron chi connectivity index (χ1n) is 11.1. The molecule has 3 atom stereocenters. The average molecular weight is 417 g/mol. The van der Waals surface area contributed by atoms with Crippen molar-refractivity contribution < 1.29 is 14.6 Å². The molecule has 0 spiro atoms. The van der Waals surface area contributed by atoms with Crippen molar-refractivity contribution in [2.45, 2.75) is 70.7 Å². The molecular formula is C23H36N4O3. The number of hydrogen-bond acceptors (Lipinski definition) is 6. The normalized spacial score (nSPS) is 28.6. The van der Waals surface area contributed by atoms with Crippen molar-refractivity contribution in [1.82, 2.24) is 9.80 Å². The molecule has 7 heteroatoms. The number of rotatable bonds is 9. The van der Waals surface area contributed by atoms with E-state index in [1.54, 1.807) is 11.0 Å². The Morgan fingerprint density at radius 2 is 2.13 bits per heavy atom. The van der Waals surface area contributed by atoms with Crippen molar-refractivity contribution >= 4 is 11.9 Å². The summed E-state index contributed by atoms with van der Waals surface area (Å²) in [6.07, 6.45) is 7.43. The highest BCUT2D eigenvalue weighted by atomic mass is 16.5. The second-order valence-corrected chi connectivity index (χ2v) is 9.30. The van der Waals surface area contributed by atoms with E-state index in [0.717, 1.165) is 32.4 Å². The second-order valence-electron chi connectivity index (χ2n) is 9.30. The molecule has 0 radical (unpaired) electrons. The Labute approximate surface area is 180 Å². The van der Waals surface area contributed by atoms with Gasteiger partial charge in [0.2, 0.25) is 0 Å². The number of nitrogens with zero attached hydrogens (tertiary/aromatic N) is 3. The summed E-state index contributed by atoms with van der Waals surface area (Å²) in [5, 5.41) is 10.4. The van der Waals surface area contributed by atoms with Crippen molar-refractivity contribution in [3.05, 3.63) is 12.2 Å². The minimum absolute atomic E-state index is 0.0232. The van der Waals surface area contributed by atoms with E-state index in [9.17, 15) is 9.90 Å². The van der Waals surface area contributed by atoms with Gasteiger partial charge in [-0.1, -0.05) is 25.7 Å². The lowest BCUT2D eigenvalue weighted by atomic mass is 9.90. The molecule has 3 aliphatic rings. The molecule has 1 fully saturated rings. The van der Waals surface area contributed by atoms with E-state index in [0.29, 0.717) is 43.8 Å². The van der Waals surface area contributed by atoms with Crippen molar-refractivity contribution in [3.63, 3.8) is 0 Å². The third-order valence-corrected chi connectivity index (χ3v) is 6.24. The number of carbonyl (C=O) groups excluding carboxylic acids is 1. The molecule has 1 saturated heterocycles. The van der Waals surface area contributed by atoms with Gasteiger partial charge in [0.25, 0.3) is 5.91 Å². The third-order valence-electron chi connectivity index (χ3n) is 6.24. The Hall–Kier alpha value is -1.88. The summed E-state index contributed by atoms with van der Waals surface area (Å²) in [5.74, 6) is 7.18. The quantitative estimate of drug-likeness (QED) is 0.559. The number of aliphatic imine (C=N–C) groups is 1. The van der Waals surface area contributed by atoms with Crippen LogP contribution in [0.15, 0.2) is 17.1 Å². The van der Waals surface area contributed by atoms with Crippen LogP contribution < -0.4 is 5.73 Å². The minimum Gasteiger partial charge on any atom is -0.376 e. The van der Waals surface area contributed by atoms with Crippen LogP contribution in [0, 0.1) is 23.7 Å². The van der Waals surface area contributed by atoms with Crippen LogP contribution in [-0.4, -0.2) is 70.9 Å². The second kappa shape index (κ2) is 9.95. The predicted octanol–water partition coefficient (Wildman–Crippen LogP) is 1.72. The Balaban J connectivity index is 1.39. The molecule has 7 nitrogen and oxygen atoms in total. The summed E-state index contributed by atoms with van der Waals surface area (Å²) < 4.78 is 5.76. The zero-order valence-corrected chi connectivity index (χ0v) is 18.5. The molecule has 2 heterocycles. The van der Waals surface area contributed by atoms with Crippen molar-refractivity contribution in [3.8, 4) is 11.8 Å². The lowest BCUT2D eigenvalue weighted by Gasteiger charge is -2.35. The van der Waals surface area contributed by atoms with Gasteiger partial charge in [-0.15, -0.1) is 0 Å². The molecule has 3 rings (SSSR count). The third kappa shape index (κ3) is 5.63. The van der Waals surface area contributed by atoms with Crippen molar-refractivity contribution in [1.29, 1.82) is 0 Å². The Morgan fingerprint density at radius 3 is 2.77 bits per heavy atom. The highest BCUT2D eigenvalue weighted by molar-refractivity contribution is 6.06. The average Bonchev–Trinajstić information content (AvgIpc) is 2.93. The fourth-order valence-electron chi connectivity index (χ4n) is 4.62. The molecule has 3 N–H and O–H groups in total. The maximum absolute atomic E-state index is 12.9. The van der Waals surface area contributed by atoms with Crippen LogP contribution in [0.5, 0.6) is 0 Å². The van der Waals surface area contributed by atoms with Gasteiger partial charge in [-0.2, -0.15) is 0 Å². The summed E-state index contributed by atoms with van der Waals surface area (Å²) in [6, 6.07) is 0. The minimum atomic E-state index is -0.717. The smallest absolute Gasteiger partial charge is 0.257 e. The Kier molecular flexibility index (Phi) is 7.56. The van der Waals surface area contributed by atoms with Gasteiger partial charge in [-0.25, -0.2) is 4.99 Å². The van der Waals surface area contributed by atoms with Gasteiger partial charge in [0.15, 0.2) is 5.96 Å². The highest BCUT2D eigenvalue weighted by Crippen LogP contribution is 2.30. The van der Waals surface area contributed by atoms with Gasteiger partial charge >= 0.3 is 0 Å². The zero-order chi connectivity index (χ0) is 21.7. The van der Waals surface area contributed by atoms with E-state index in [-0.39, 0.29) is 12.0 Å². The summed E-state index contributed by atoms with van der Waals surface area (Å²) in [4.78, 5) is 21.1. The van der Waals surface area contributed by atoms with Gasteiger partial charge in [0, 0.05) is 26.1 Å². The molecule has 0 aromatic carbocycles. The number of hydrogen-bond donors (Lipinski definition) is 2. The van der Waals surface area contributed by atoms with Gasteiger partial charge in [0.05, 0.1) is 12.7 Å². The first-order chi connectivity index (χ1) is 14.3. The number of nitrogens with two attached hydrogens (primary N) is 1. The molecule has 1 amide bonds. The summed E-state index contributed by atoms with van der Waals surface area (Å²) >= 11 is 0. The molecule has 3 unspecified atom stereocenters. The molecule has 2 aliphatic heterocycles. The summed E-state index contributed by atoms with van der Waals surface area (Å²) in [7, 11) is 0. The van der Waals surface area contributed by atoms with Crippen LogP contribution >= 0.6 is 0 Å². The Morgan fingerprint density at radius 1 is 1.40 bits per heavy atom. The molecule has 30 heavy (non-hydrogen) atoms. The van der Waals surface area contributed by atoms with Crippen LogP contribution in [0.3, 0.4) is 0 Å². The predicted molar refractivity (Wildman–Crippen MR) is 117 cm³/mol. The van der Waals surface area contributed by atoms with Crippen LogP contribution in [0.1, 0.15) is 52.9 Å². The van der Waals surface area contributed by atoms with Crippen molar-refractivity contribution in [2.24, 2.45) is 22.6 Å². The molecule has 0 saturated carbocycles. The molecule has 166 valence electrons. The molecule has 1 aliphatic carbocycles. The Bertz CT molecular complexity index is 730. The van der Waals surface area contributed by atoms with Crippen molar-refractivity contribution in [2.75, 3.05) is 26.2 Å². The first kappa shape index (κ1) is 22.8. The SMILES string of the molecule is CC(C)CC1(C)N=C(N)N(CCC2CCN(C(O)COC3C=CC#CC3)CC2)C1=O. The van der Waals surface area contributed by atoms with Crippen LogP contribution in [-0.2, 0) is 9.53 Å². The molecule has 0 aromatic rings. The van der Waals surface area contributed by atoms with Gasteiger partial charge in [-0.05, 0) is 56.6 Å². The lowest BCUT2D eigenvalue weighted by molar-refractivity contribution is -0.131. The number of guanidine groups is 1. The molecule has 0 bridgehead atoms. The van der Waals surface area contributed by atoms with E-state index in [1.165, 1.54) is 0 Å². The fourth-order valence-corrected chi connectivity index (χ4v) is 4.62. The standard InChI is InChI=1S/C23H36N4O3/c1-17(2)15-23(3)21(29)27(22(24)25-23)14-11-18-9-12-26(13-10-18)20(28)16-30-19-7-5-4-6-8-19/h5,7,17-20,28H,8-16H2,1-3H3,(H2,24,25). The number of likely N-dealkylation sites (tertiary alicyclic amines) is 1. The maximum Gasteiger partial charge on any atom is 0.257 e. The fraction of sp³-hybridized carbons (Fsp3) is 0.739. The summed E-state index contributed by atoms with van der Waals surface area (Å²) in [6.45, 7) is 8.66. The number of piperidine rings is 1. The number of aliphatic hydroxyl groups is 1. The topological polar surface area (TPSA) is 91.4 Å². The van der Waals surface area contributed by atoms with Gasteiger partial charge in [-0.3, -0.25) is 14.6 Å². The first-order valence-corrected chi connectivity index (χ1v) is 11.1. The van der Waals surface area contributed by atoms with E-state index in [1.807, 2.05) is 13.0 Å². The van der Waals surface area contributed by atoms with E-state index < -0.39 is 11.8 Å². The van der Waals surface area contributed by atoms with E-state index >= 15 is 0 Å². The van der Waals surface area contributed by atoms with Gasteiger partial charge in [0.1, 0.15) is 11.8 Å². The van der Waals surface area contributed by atoms with E-state index in [2.05, 4.69) is 35.6 Å². The molecular weight excluding hydrogens is 380 g/mol. The highest BCUT2D eigenvalue weighted by Gasteiger charge is 2.44. The van der Waals surface area contributed by atoms with Crippen LogP contribution in [0.2, 0.25) is 0 Å².